The van der Waals surface area contributed by atoms with Crippen LogP contribution in [0.25, 0.3) is 0 Å². The van der Waals surface area contributed by atoms with E-state index in [1.54, 1.807) is 0 Å². The highest BCUT2D eigenvalue weighted by Gasteiger charge is 2.03. The van der Waals surface area contributed by atoms with Crippen molar-refractivity contribution < 1.29 is 9.53 Å². The first-order valence-electron chi connectivity index (χ1n) is 9.34. The summed E-state index contributed by atoms with van der Waals surface area (Å²) in [4.78, 5) is 12.0. The van der Waals surface area contributed by atoms with Gasteiger partial charge in [-0.05, 0) is 37.0 Å². The standard InChI is InChI=1S/C22H29NO2/c1-2-3-4-8-16-22(24)23-20-14-9-15-21(18-20)25-17-10-13-19-11-6-5-7-12-19/h5-7,9,11-12,14-15,18H,2-4,8,10,13,16-17H2,1H3,(H,23,24). The number of carbonyl (C=O) groups excluding carboxylic acids is 1. The number of nitrogens with one attached hydrogen (secondary N) is 1. The van der Waals surface area contributed by atoms with Crippen molar-refractivity contribution in [3.63, 3.8) is 0 Å². The third-order valence-corrected chi connectivity index (χ3v) is 4.10. The summed E-state index contributed by atoms with van der Waals surface area (Å²) >= 11 is 0. The van der Waals surface area contributed by atoms with E-state index < -0.39 is 0 Å². The van der Waals surface area contributed by atoms with Gasteiger partial charge in [-0.15, -0.1) is 0 Å². The average Bonchev–Trinajstić information content (AvgIpc) is 2.64. The van der Waals surface area contributed by atoms with E-state index in [0.717, 1.165) is 37.1 Å². The van der Waals surface area contributed by atoms with Gasteiger partial charge in [-0.25, -0.2) is 0 Å². The Balaban J connectivity index is 1.70. The second-order valence-electron chi connectivity index (χ2n) is 6.32. The lowest BCUT2D eigenvalue weighted by Crippen LogP contribution is -2.11. The molecule has 0 aliphatic rings. The molecule has 3 heteroatoms. The van der Waals surface area contributed by atoms with Crippen LogP contribution in [0.3, 0.4) is 0 Å². The minimum Gasteiger partial charge on any atom is -0.494 e. The molecule has 0 aliphatic heterocycles. The molecule has 1 amide bonds. The number of anilines is 1. The zero-order chi connectivity index (χ0) is 17.7. The van der Waals surface area contributed by atoms with Crippen LogP contribution >= 0.6 is 0 Å². The van der Waals surface area contributed by atoms with Gasteiger partial charge in [0.25, 0.3) is 0 Å². The SMILES string of the molecule is CCCCCCC(=O)Nc1cccc(OCCCc2ccccc2)c1. The van der Waals surface area contributed by atoms with Gasteiger partial charge in [0.1, 0.15) is 5.75 Å². The van der Waals surface area contributed by atoms with Crippen LogP contribution in [0.4, 0.5) is 5.69 Å². The molecule has 25 heavy (non-hydrogen) atoms. The van der Waals surface area contributed by atoms with E-state index in [9.17, 15) is 4.79 Å². The molecule has 0 aromatic heterocycles. The van der Waals surface area contributed by atoms with Crippen molar-refractivity contribution in [2.75, 3.05) is 11.9 Å². The van der Waals surface area contributed by atoms with Gasteiger partial charge in [-0.2, -0.15) is 0 Å². The number of carbonyl (C=O) groups is 1. The van der Waals surface area contributed by atoms with Gasteiger partial charge in [0.05, 0.1) is 6.61 Å². The van der Waals surface area contributed by atoms with E-state index >= 15 is 0 Å². The highest BCUT2D eigenvalue weighted by Crippen LogP contribution is 2.18. The van der Waals surface area contributed by atoms with Crippen LogP contribution in [-0.2, 0) is 11.2 Å². The molecule has 2 aromatic rings. The first-order valence-corrected chi connectivity index (χ1v) is 9.34. The van der Waals surface area contributed by atoms with Crippen LogP contribution in [0, 0.1) is 0 Å². The second kappa shape index (κ2) is 11.3. The highest BCUT2D eigenvalue weighted by molar-refractivity contribution is 5.90. The lowest BCUT2D eigenvalue weighted by molar-refractivity contribution is -0.116. The minimum atomic E-state index is 0.0809. The van der Waals surface area contributed by atoms with E-state index in [2.05, 4.69) is 36.5 Å². The normalized spacial score (nSPS) is 10.4. The van der Waals surface area contributed by atoms with Gasteiger partial charge < -0.3 is 10.1 Å². The Morgan fingerprint density at radius 1 is 0.960 bits per heavy atom. The average molecular weight is 339 g/mol. The van der Waals surface area contributed by atoms with Crippen LogP contribution in [-0.4, -0.2) is 12.5 Å². The number of aryl methyl sites for hydroxylation is 1. The monoisotopic (exact) mass is 339 g/mol. The largest absolute Gasteiger partial charge is 0.494 e. The summed E-state index contributed by atoms with van der Waals surface area (Å²) in [5.74, 6) is 0.883. The van der Waals surface area contributed by atoms with Gasteiger partial charge in [0.15, 0.2) is 0 Å². The van der Waals surface area contributed by atoms with Crippen molar-refractivity contribution in [2.45, 2.75) is 51.9 Å². The lowest BCUT2D eigenvalue weighted by Gasteiger charge is -2.09. The predicted octanol–water partition coefficient (Wildman–Crippen LogP) is 5.61. The predicted molar refractivity (Wildman–Crippen MR) is 104 cm³/mol. The fourth-order valence-corrected chi connectivity index (χ4v) is 2.71. The third kappa shape index (κ3) is 7.88. The number of amides is 1. The summed E-state index contributed by atoms with van der Waals surface area (Å²) in [6.07, 6.45) is 7.02. The smallest absolute Gasteiger partial charge is 0.224 e. The summed E-state index contributed by atoms with van der Waals surface area (Å²) < 4.78 is 5.81. The fraction of sp³-hybridized carbons (Fsp3) is 0.409. The molecule has 1 N–H and O–H groups in total. The van der Waals surface area contributed by atoms with E-state index in [1.165, 1.54) is 18.4 Å². The van der Waals surface area contributed by atoms with Crippen LogP contribution in [0.15, 0.2) is 54.6 Å². The Hall–Kier alpha value is -2.29. The van der Waals surface area contributed by atoms with Crippen LogP contribution in [0.2, 0.25) is 0 Å². The van der Waals surface area contributed by atoms with Crippen LogP contribution < -0.4 is 10.1 Å². The van der Waals surface area contributed by atoms with Gasteiger partial charge in [-0.1, -0.05) is 62.6 Å². The van der Waals surface area contributed by atoms with E-state index in [-0.39, 0.29) is 5.91 Å². The molecule has 0 radical (unpaired) electrons. The molecular weight excluding hydrogens is 310 g/mol. The van der Waals surface area contributed by atoms with Crippen molar-refractivity contribution in [3.8, 4) is 5.75 Å². The number of benzene rings is 2. The van der Waals surface area contributed by atoms with Crippen LogP contribution in [0.5, 0.6) is 5.75 Å². The van der Waals surface area contributed by atoms with Crippen LogP contribution in [0.1, 0.15) is 51.0 Å². The topological polar surface area (TPSA) is 38.3 Å². The van der Waals surface area contributed by atoms with Gasteiger partial charge in [0, 0.05) is 18.2 Å². The Morgan fingerprint density at radius 2 is 1.80 bits per heavy atom. The molecule has 0 bridgehead atoms. The number of rotatable bonds is 11. The van der Waals surface area contributed by atoms with Crippen molar-refractivity contribution in [3.05, 3.63) is 60.2 Å². The first-order chi connectivity index (χ1) is 12.3. The number of ether oxygens (including phenoxy) is 1. The summed E-state index contributed by atoms with van der Waals surface area (Å²) in [7, 11) is 0. The van der Waals surface area contributed by atoms with E-state index in [1.807, 2.05) is 30.3 Å². The Kier molecular flexibility index (Phi) is 8.60. The van der Waals surface area contributed by atoms with E-state index in [4.69, 9.17) is 4.74 Å². The molecule has 0 spiro atoms. The van der Waals surface area contributed by atoms with E-state index in [0.29, 0.717) is 13.0 Å². The summed E-state index contributed by atoms with van der Waals surface area (Å²) in [5.41, 5.74) is 2.14. The van der Waals surface area contributed by atoms with Crippen molar-refractivity contribution in [1.82, 2.24) is 0 Å². The molecule has 0 fully saturated rings. The maximum atomic E-state index is 12.0. The van der Waals surface area contributed by atoms with Gasteiger partial charge in [-0.3, -0.25) is 4.79 Å². The Bertz CT molecular complexity index is 625. The quantitative estimate of drug-likeness (QED) is 0.541. The fourth-order valence-electron chi connectivity index (χ4n) is 2.71. The molecule has 0 heterocycles. The van der Waals surface area contributed by atoms with Gasteiger partial charge >= 0.3 is 0 Å². The maximum Gasteiger partial charge on any atom is 0.224 e. The minimum absolute atomic E-state index is 0.0809. The Morgan fingerprint density at radius 3 is 2.60 bits per heavy atom. The summed E-state index contributed by atoms with van der Waals surface area (Å²) in [6.45, 7) is 2.84. The van der Waals surface area contributed by atoms with Crippen molar-refractivity contribution in [2.24, 2.45) is 0 Å². The summed E-state index contributed by atoms with van der Waals surface area (Å²) in [6, 6.07) is 18.1. The number of hydrogen-bond donors (Lipinski definition) is 1. The van der Waals surface area contributed by atoms with Crippen molar-refractivity contribution in [1.29, 1.82) is 0 Å². The molecular formula is C22H29NO2. The summed E-state index contributed by atoms with van der Waals surface area (Å²) in [5, 5.41) is 2.96. The Labute approximate surface area is 151 Å². The molecule has 0 atom stereocenters. The molecule has 3 nitrogen and oxygen atoms in total. The molecule has 2 aromatic carbocycles. The molecule has 134 valence electrons. The molecule has 0 unspecified atom stereocenters. The second-order valence-corrected chi connectivity index (χ2v) is 6.32. The number of hydrogen-bond acceptors (Lipinski definition) is 2. The number of unbranched alkanes of at least 4 members (excludes halogenated alkanes) is 3. The maximum absolute atomic E-state index is 12.0. The molecule has 2 rings (SSSR count). The van der Waals surface area contributed by atoms with Crippen molar-refractivity contribution >= 4 is 11.6 Å². The zero-order valence-corrected chi connectivity index (χ0v) is 15.2. The molecule has 0 aliphatic carbocycles. The van der Waals surface area contributed by atoms with Gasteiger partial charge in [0.2, 0.25) is 5.91 Å². The zero-order valence-electron chi connectivity index (χ0n) is 15.2. The third-order valence-electron chi connectivity index (χ3n) is 4.10. The molecule has 0 saturated carbocycles. The first kappa shape index (κ1) is 19.0. The molecule has 0 saturated heterocycles. The highest BCUT2D eigenvalue weighted by atomic mass is 16.5. The lowest BCUT2D eigenvalue weighted by atomic mass is 10.1.